The molecule has 0 amide bonds. The molecule has 0 aliphatic rings. The van der Waals surface area contributed by atoms with E-state index in [-0.39, 0.29) is 6.54 Å². The van der Waals surface area contributed by atoms with Crippen molar-refractivity contribution in [3.05, 3.63) is 29.8 Å². The van der Waals surface area contributed by atoms with Crippen LogP contribution in [-0.2, 0) is 39.1 Å². The summed E-state index contributed by atoms with van der Waals surface area (Å²) in [6.45, 7) is 1.05. The van der Waals surface area contributed by atoms with Crippen LogP contribution in [-0.4, -0.2) is 66.6 Å². The Morgan fingerprint density at radius 3 is 2.07 bits per heavy atom. The summed E-state index contributed by atoms with van der Waals surface area (Å²) in [6.07, 6.45) is -0.101. The molecule has 1 aromatic carbocycles. The third-order valence-corrected chi connectivity index (χ3v) is 6.69. The van der Waals surface area contributed by atoms with Crippen molar-refractivity contribution in [1.29, 1.82) is 0 Å². The smallest absolute Gasteiger partial charge is 0.317 e. The van der Waals surface area contributed by atoms with Crippen LogP contribution in [0.5, 0.6) is 5.75 Å². The maximum Gasteiger partial charge on any atom is 0.573 e. The molecule has 0 aliphatic carbocycles. The molecule has 0 saturated heterocycles. The largest absolute Gasteiger partial charge is 0.573 e. The predicted molar refractivity (Wildman–Crippen MR) is 119 cm³/mol. The lowest BCUT2D eigenvalue weighted by Crippen LogP contribution is -2.30. The van der Waals surface area contributed by atoms with Crippen molar-refractivity contribution in [2.75, 3.05) is 32.3 Å². The summed E-state index contributed by atoms with van der Waals surface area (Å²) in [6, 6.07) is 6.93. The van der Waals surface area contributed by atoms with Crippen LogP contribution in [0.25, 0.3) is 0 Å². The zero-order chi connectivity index (χ0) is 21.9. The van der Waals surface area contributed by atoms with E-state index < -0.39 is 35.6 Å². The molecule has 0 fully saturated rings. The first-order chi connectivity index (χ1) is 13.5. The Morgan fingerprint density at radius 2 is 1.55 bits per heavy atom. The Kier molecular flexibility index (Phi) is 13.2. The minimum Gasteiger partial charge on any atom is -0.317 e. The predicted octanol–water partition coefficient (Wildman–Crippen LogP) is 1.82. The molecule has 0 bridgehead atoms. The maximum absolute atomic E-state index is 9.21. The molecule has 1 aromatic rings. The van der Waals surface area contributed by atoms with Gasteiger partial charge in [0.05, 0.1) is 6.61 Å². The number of rotatable bonds is 15. The Labute approximate surface area is 182 Å². The SMILES string of the molecule is O[P+](O)(O)CN(CCc1ccc(O[P+](=S)OCCCOP=S)cc1)C[P+](O)(O)O. The van der Waals surface area contributed by atoms with Gasteiger partial charge in [-0.3, -0.25) is 4.52 Å². The molecule has 0 radical (unpaired) electrons. The van der Waals surface area contributed by atoms with Gasteiger partial charge in [0, 0.05) is 6.54 Å². The number of hydrogen-bond acceptors (Lipinski definition) is 12. The van der Waals surface area contributed by atoms with Crippen molar-refractivity contribution in [2.45, 2.75) is 12.8 Å². The summed E-state index contributed by atoms with van der Waals surface area (Å²) in [4.78, 5) is 56.4. The van der Waals surface area contributed by atoms with E-state index in [1.807, 2.05) is 0 Å². The highest BCUT2D eigenvalue weighted by atomic mass is 32.4. The molecule has 29 heavy (non-hydrogen) atoms. The Hall–Kier alpha value is 0.560. The molecule has 1 atom stereocenters. The normalized spacial score (nSPS) is 13.1. The van der Waals surface area contributed by atoms with Gasteiger partial charge in [0.1, 0.15) is 14.2 Å². The average molecular weight is 526 g/mol. The number of nitrogens with zero attached hydrogens (tertiary/aromatic N) is 1. The van der Waals surface area contributed by atoms with Gasteiger partial charge in [-0.2, -0.15) is 29.4 Å². The van der Waals surface area contributed by atoms with Crippen LogP contribution in [0.1, 0.15) is 12.0 Å². The van der Waals surface area contributed by atoms with Gasteiger partial charge >= 0.3 is 23.0 Å². The molecule has 0 saturated carbocycles. The van der Waals surface area contributed by atoms with Crippen LogP contribution in [0.2, 0.25) is 0 Å². The highest BCUT2D eigenvalue weighted by Gasteiger charge is 2.40. The molecule has 10 nitrogen and oxygen atoms in total. The highest BCUT2D eigenvalue weighted by Crippen LogP contribution is 2.49. The van der Waals surface area contributed by atoms with E-state index in [4.69, 9.17) is 25.4 Å². The second-order valence-corrected chi connectivity index (χ2v) is 11.8. The van der Waals surface area contributed by atoms with Crippen molar-refractivity contribution < 1.29 is 42.9 Å². The Bertz CT molecular complexity index is 627. The molecule has 6 N–H and O–H groups in total. The molecule has 164 valence electrons. The molecule has 16 heteroatoms. The third kappa shape index (κ3) is 15.1. The molecular weight excluding hydrogens is 502 g/mol. The Balaban J connectivity index is 2.49. The molecule has 1 unspecified atom stereocenters. The van der Waals surface area contributed by atoms with Crippen molar-refractivity contribution >= 4 is 54.2 Å². The Morgan fingerprint density at radius 1 is 0.966 bits per heavy atom. The zero-order valence-electron chi connectivity index (χ0n) is 15.2. The maximum atomic E-state index is 9.21. The fraction of sp³-hybridized carbons (Fsp3) is 0.538. The van der Waals surface area contributed by atoms with Gasteiger partial charge in [-0.15, -0.1) is 4.52 Å². The number of benzene rings is 1. The highest BCUT2D eigenvalue weighted by molar-refractivity contribution is 8.00. The summed E-state index contributed by atoms with van der Waals surface area (Å²) < 4.78 is 15.9. The monoisotopic (exact) mass is 526 g/mol. The fourth-order valence-electron chi connectivity index (χ4n) is 2.14. The van der Waals surface area contributed by atoms with Crippen LogP contribution in [0.4, 0.5) is 0 Å². The lowest BCUT2D eigenvalue weighted by atomic mass is 10.1. The van der Waals surface area contributed by atoms with E-state index >= 15 is 0 Å². The van der Waals surface area contributed by atoms with Crippen molar-refractivity contribution in [3.63, 3.8) is 0 Å². The van der Waals surface area contributed by atoms with Crippen molar-refractivity contribution in [3.8, 4) is 5.75 Å². The lowest BCUT2D eigenvalue weighted by molar-refractivity contribution is 0.248. The minimum absolute atomic E-state index is 0.149. The van der Waals surface area contributed by atoms with Gasteiger partial charge in [0.15, 0.2) is 18.3 Å². The van der Waals surface area contributed by atoms with E-state index in [9.17, 15) is 29.4 Å². The first-order valence-corrected chi connectivity index (χ1v) is 15.8. The van der Waals surface area contributed by atoms with Crippen LogP contribution in [0.15, 0.2) is 24.3 Å². The molecule has 0 aliphatic heterocycles. The van der Waals surface area contributed by atoms with Crippen LogP contribution < -0.4 is 4.52 Å². The number of hydrogen-bond donors (Lipinski definition) is 6. The minimum atomic E-state index is -4.17. The second kappa shape index (κ2) is 13.9. The topological polar surface area (TPSA) is 152 Å². The zero-order valence-corrected chi connectivity index (χ0v) is 20.4. The summed E-state index contributed by atoms with van der Waals surface area (Å²) in [7, 11) is -9.38. The third-order valence-electron chi connectivity index (χ3n) is 3.23. The first kappa shape index (κ1) is 27.6. The molecule has 1 rings (SSSR count). The van der Waals surface area contributed by atoms with E-state index in [0.717, 1.165) is 5.56 Å². The van der Waals surface area contributed by atoms with Crippen LogP contribution in [0, 0.1) is 0 Å². The van der Waals surface area contributed by atoms with Crippen LogP contribution >= 0.6 is 30.6 Å². The summed E-state index contributed by atoms with van der Waals surface area (Å²) >= 11 is 9.76. The lowest BCUT2D eigenvalue weighted by Gasteiger charge is -2.20. The standard InChI is InChI=1S/C13H24NO9P4S2/c15-26(16,17)10-14(11-27(18,19)20)7-6-12-2-4-13(5-3-12)23-25(29)22-9-1-8-21-24-28/h2-5,15-20H,1,6-11H2/q+3. The van der Waals surface area contributed by atoms with Gasteiger partial charge < -0.3 is 4.52 Å². The average Bonchev–Trinajstić information content (AvgIpc) is 2.58. The van der Waals surface area contributed by atoms with Gasteiger partial charge in [-0.1, -0.05) is 12.1 Å². The quantitative estimate of drug-likeness (QED) is 0.146. The van der Waals surface area contributed by atoms with E-state index in [0.29, 0.717) is 39.4 Å². The van der Waals surface area contributed by atoms with E-state index in [2.05, 4.69) is 11.8 Å². The second-order valence-electron chi connectivity index (χ2n) is 5.87. The van der Waals surface area contributed by atoms with Gasteiger partial charge in [0.2, 0.25) is 11.8 Å². The molecule has 0 aromatic heterocycles. The van der Waals surface area contributed by atoms with E-state index in [1.165, 1.54) is 4.90 Å². The van der Waals surface area contributed by atoms with Gasteiger partial charge in [-0.25, -0.2) is 4.90 Å². The molecule has 0 heterocycles. The van der Waals surface area contributed by atoms with Gasteiger partial charge in [0.25, 0.3) is 0 Å². The van der Waals surface area contributed by atoms with Gasteiger partial charge in [-0.05, 0) is 42.3 Å². The first-order valence-electron chi connectivity index (χ1n) is 8.15. The van der Waals surface area contributed by atoms with Crippen LogP contribution in [0.3, 0.4) is 0 Å². The molecular formula is C13H24NO9P4S2+3. The molecule has 0 spiro atoms. The summed E-state index contributed by atoms with van der Waals surface area (Å²) in [5, 5.41) is 0. The summed E-state index contributed by atoms with van der Waals surface area (Å²) in [5.41, 5.74) is 0.840. The fourth-order valence-corrected chi connectivity index (χ4v) is 5.39. The van der Waals surface area contributed by atoms with Crippen molar-refractivity contribution in [2.24, 2.45) is 0 Å². The summed E-state index contributed by atoms with van der Waals surface area (Å²) in [5.74, 6) is 0.532. The van der Waals surface area contributed by atoms with E-state index in [1.54, 1.807) is 24.3 Å². The van der Waals surface area contributed by atoms with Crippen molar-refractivity contribution in [1.82, 2.24) is 4.90 Å².